The predicted molar refractivity (Wildman–Crippen MR) is 55.3 cm³/mol. The summed E-state index contributed by atoms with van der Waals surface area (Å²) in [6.45, 7) is 1.49. The minimum atomic E-state index is -0.861. The molecule has 2 aromatic rings. The minimum absolute atomic E-state index is 0.00380. The third-order valence-corrected chi connectivity index (χ3v) is 2.29. The maximum Gasteiger partial charge on any atom is 0.261 e. The van der Waals surface area contributed by atoms with Crippen molar-refractivity contribution >= 4 is 11.6 Å². The lowest BCUT2D eigenvalue weighted by molar-refractivity contribution is 0.184. The Kier molecular flexibility index (Phi) is 2.89. The highest BCUT2D eigenvalue weighted by Crippen LogP contribution is 2.26. The molecular weight excluding hydrogens is 235 g/mol. The Balaban J connectivity index is 2.47. The molecule has 0 aliphatic carbocycles. The van der Waals surface area contributed by atoms with E-state index in [0.717, 1.165) is 0 Å². The molecule has 0 aliphatic rings. The number of hydrogen-bond donors (Lipinski definition) is 1. The summed E-state index contributed by atoms with van der Waals surface area (Å²) in [5.41, 5.74) is 0.118. The maximum absolute atomic E-state index is 13.6. The molecule has 0 spiro atoms. The molecule has 1 N–H and O–H groups in total. The van der Waals surface area contributed by atoms with E-state index < -0.39 is 11.9 Å². The van der Waals surface area contributed by atoms with E-state index >= 15 is 0 Å². The molecule has 0 aliphatic heterocycles. The lowest BCUT2D eigenvalue weighted by atomic mass is 10.2. The molecule has 84 valence electrons. The van der Waals surface area contributed by atoms with E-state index in [2.05, 4.69) is 10.1 Å². The zero-order valence-corrected chi connectivity index (χ0v) is 9.07. The second-order valence-corrected chi connectivity index (χ2v) is 3.64. The van der Waals surface area contributed by atoms with Crippen LogP contribution in [0.1, 0.15) is 18.9 Å². The Hall–Kier alpha value is -1.46. The first-order valence-electron chi connectivity index (χ1n) is 4.55. The second kappa shape index (κ2) is 4.19. The summed E-state index contributed by atoms with van der Waals surface area (Å²) >= 11 is 5.62. The first kappa shape index (κ1) is 11.0. The van der Waals surface area contributed by atoms with Gasteiger partial charge in [0.25, 0.3) is 5.89 Å². The van der Waals surface area contributed by atoms with E-state index in [1.807, 2.05) is 0 Å². The van der Waals surface area contributed by atoms with Gasteiger partial charge in [-0.25, -0.2) is 4.39 Å². The SMILES string of the molecule is CC(O)c1noc(-c2cccc(Cl)c2F)n1. The number of halogens is 2. The van der Waals surface area contributed by atoms with Gasteiger partial charge in [0.1, 0.15) is 6.10 Å². The van der Waals surface area contributed by atoms with Crippen molar-refractivity contribution in [1.29, 1.82) is 0 Å². The molecule has 0 radical (unpaired) electrons. The van der Waals surface area contributed by atoms with Crippen molar-refractivity contribution in [3.8, 4) is 11.5 Å². The Labute approximate surface area is 95.7 Å². The van der Waals surface area contributed by atoms with E-state index in [4.69, 9.17) is 16.1 Å². The van der Waals surface area contributed by atoms with Crippen LogP contribution in [0.5, 0.6) is 0 Å². The van der Waals surface area contributed by atoms with Crippen molar-refractivity contribution in [3.63, 3.8) is 0 Å². The summed E-state index contributed by atoms with van der Waals surface area (Å²) in [4.78, 5) is 3.86. The fraction of sp³-hybridized carbons (Fsp3) is 0.200. The van der Waals surface area contributed by atoms with Crippen LogP contribution in [0.3, 0.4) is 0 Å². The van der Waals surface area contributed by atoms with Gasteiger partial charge in [0, 0.05) is 0 Å². The number of benzene rings is 1. The van der Waals surface area contributed by atoms with Gasteiger partial charge >= 0.3 is 0 Å². The van der Waals surface area contributed by atoms with Gasteiger partial charge in [-0.1, -0.05) is 22.8 Å². The molecule has 0 fully saturated rings. The molecule has 0 saturated carbocycles. The molecule has 0 bridgehead atoms. The van der Waals surface area contributed by atoms with E-state index in [1.54, 1.807) is 6.07 Å². The summed E-state index contributed by atoms with van der Waals surface area (Å²) in [7, 11) is 0. The second-order valence-electron chi connectivity index (χ2n) is 3.24. The van der Waals surface area contributed by atoms with Gasteiger partial charge in [-0.15, -0.1) is 0 Å². The Bertz CT molecular complexity index is 513. The fourth-order valence-electron chi connectivity index (χ4n) is 1.18. The molecule has 1 atom stereocenters. The number of aliphatic hydroxyl groups excluding tert-OH is 1. The van der Waals surface area contributed by atoms with Gasteiger partial charge in [-0.05, 0) is 19.1 Å². The van der Waals surface area contributed by atoms with Crippen molar-refractivity contribution in [3.05, 3.63) is 34.9 Å². The minimum Gasteiger partial charge on any atom is -0.385 e. The van der Waals surface area contributed by atoms with Crippen molar-refractivity contribution in [2.24, 2.45) is 0 Å². The van der Waals surface area contributed by atoms with Crippen LogP contribution in [0.2, 0.25) is 5.02 Å². The van der Waals surface area contributed by atoms with Crippen LogP contribution in [0.25, 0.3) is 11.5 Å². The van der Waals surface area contributed by atoms with Crippen LogP contribution in [0.15, 0.2) is 22.7 Å². The summed E-state index contributed by atoms with van der Waals surface area (Å²) in [6.07, 6.45) is -0.861. The smallest absolute Gasteiger partial charge is 0.261 e. The Morgan fingerprint density at radius 1 is 1.50 bits per heavy atom. The van der Waals surface area contributed by atoms with Gasteiger partial charge in [0.05, 0.1) is 10.6 Å². The largest absolute Gasteiger partial charge is 0.385 e. The van der Waals surface area contributed by atoms with Crippen molar-refractivity contribution in [2.75, 3.05) is 0 Å². The van der Waals surface area contributed by atoms with E-state index in [-0.39, 0.29) is 22.3 Å². The average Bonchev–Trinajstić information content (AvgIpc) is 2.71. The summed E-state index contributed by atoms with van der Waals surface area (Å²) in [5.74, 6) is -0.518. The van der Waals surface area contributed by atoms with E-state index in [1.165, 1.54) is 19.1 Å². The first-order chi connectivity index (χ1) is 7.59. The van der Waals surface area contributed by atoms with Crippen LogP contribution < -0.4 is 0 Å². The number of aliphatic hydroxyl groups is 1. The standard InChI is InChI=1S/C10H8ClFN2O2/c1-5(15)9-13-10(16-14-9)6-3-2-4-7(11)8(6)12/h2-5,15H,1H3. The molecule has 6 heteroatoms. The zero-order valence-electron chi connectivity index (χ0n) is 8.32. The quantitative estimate of drug-likeness (QED) is 0.879. The fourth-order valence-corrected chi connectivity index (χ4v) is 1.36. The third kappa shape index (κ3) is 1.91. The van der Waals surface area contributed by atoms with Gasteiger partial charge in [-0.3, -0.25) is 0 Å². The van der Waals surface area contributed by atoms with Crippen LogP contribution in [0, 0.1) is 5.82 Å². The Morgan fingerprint density at radius 2 is 2.25 bits per heavy atom. The van der Waals surface area contributed by atoms with Gasteiger partial charge in [-0.2, -0.15) is 4.98 Å². The highest BCUT2D eigenvalue weighted by atomic mass is 35.5. The highest BCUT2D eigenvalue weighted by Gasteiger charge is 2.16. The van der Waals surface area contributed by atoms with Crippen molar-refractivity contribution in [2.45, 2.75) is 13.0 Å². The molecule has 2 rings (SSSR count). The summed E-state index contributed by atoms with van der Waals surface area (Å²) in [5, 5.41) is 12.7. The number of aromatic nitrogens is 2. The molecule has 4 nitrogen and oxygen atoms in total. The van der Waals surface area contributed by atoms with Crippen LogP contribution >= 0.6 is 11.6 Å². The third-order valence-electron chi connectivity index (χ3n) is 2.00. The predicted octanol–water partition coefficient (Wildman–Crippen LogP) is 2.58. The molecule has 1 aromatic carbocycles. The highest BCUT2D eigenvalue weighted by molar-refractivity contribution is 6.31. The van der Waals surface area contributed by atoms with E-state index in [9.17, 15) is 9.50 Å². The lowest BCUT2D eigenvalue weighted by Gasteiger charge is -1.98. The van der Waals surface area contributed by atoms with Crippen molar-refractivity contribution in [1.82, 2.24) is 10.1 Å². The zero-order chi connectivity index (χ0) is 11.7. The number of rotatable bonds is 2. The lowest BCUT2D eigenvalue weighted by Crippen LogP contribution is -1.93. The van der Waals surface area contributed by atoms with Crippen LogP contribution in [0.4, 0.5) is 4.39 Å². The monoisotopic (exact) mass is 242 g/mol. The molecule has 1 unspecified atom stereocenters. The molecule has 16 heavy (non-hydrogen) atoms. The van der Waals surface area contributed by atoms with Crippen molar-refractivity contribution < 1.29 is 14.0 Å². The van der Waals surface area contributed by atoms with Gasteiger partial charge < -0.3 is 9.63 Å². The molecule has 1 aromatic heterocycles. The molecule has 0 saturated heterocycles. The molecule has 0 amide bonds. The van der Waals surface area contributed by atoms with Crippen LogP contribution in [-0.2, 0) is 0 Å². The summed E-state index contributed by atoms with van der Waals surface area (Å²) in [6, 6.07) is 4.47. The van der Waals surface area contributed by atoms with Gasteiger partial charge in [0.2, 0.25) is 0 Å². The van der Waals surface area contributed by atoms with Crippen LogP contribution in [-0.4, -0.2) is 15.2 Å². The van der Waals surface area contributed by atoms with Gasteiger partial charge in [0.15, 0.2) is 11.6 Å². The number of hydrogen-bond acceptors (Lipinski definition) is 4. The normalized spacial score (nSPS) is 12.8. The van der Waals surface area contributed by atoms with E-state index in [0.29, 0.717) is 0 Å². The average molecular weight is 243 g/mol. The molecule has 1 heterocycles. The Morgan fingerprint density at radius 3 is 2.88 bits per heavy atom. The topological polar surface area (TPSA) is 59.2 Å². The first-order valence-corrected chi connectivity index (χ1v) is 4.93. The molecular formula is C10H8ClFN2O2. The maximum atomic E-state index is 13.6. The number of nitrogens with zero attached hydrogens (tertiary/aromatic N) is 2. The summed E-state index contributed by atoms with van der Waals surface area (Å²) < 4.78 is 18.4.